The van der Waals surface area contributed by atoms with Crippen LogP contribution in [0.3, 0.4) is 0 Å². The summed E-state index contributed by atoms with van der Waals surface area (Å²) in [5, 5.41) is 12.5. The number of carbonyl (C=O) groups excluding carboxylic acids is 1. The van der Waals surface area contributed by atoms with E-state index in [2.05, 4.69) is 5.32 Å². The van der Waals surface area contributed by atoms with E-state index in [0.717, 1.165) is 6.07 Å². The van der Waals surface area contributed by atoms with Gasteiger partial charge in [0, 0.05) is 18.0 Å². The van der Waals surface area contributed by atoms with E-state index in [0.29, 0.717) is 12.2 Å². The molecule has 0 aliphatic carbocycles. The first-order chi connectivity index (χ1) is 9.97. The zero-order valence-corrected chi connectivity index (χ0v) is 12.1. The molecular weight excluding hydrogens is 297 g/mol. The summed E-state index contributed by atoms with van der Waals surface area (Å²) in [6, 6.07) is 6.82. The van der Waals surface area contributed by atoms with E-state index in [9.17, 15) is 14.3 Å². The number of hydrogen-bond acceptors (Lipinski definition) is 3. The number of hydrogen-bond donors (Lipinski definition) is 2. The first-order valence-corrected chi connectivity index (χ1v) is 6.82. The zero-order chi connectivity index (χ0) is 15.4. The van der Waals surface area contributed by atoms with E-state index in [1.807, 2.05) is 0 Å². The third kappa shape index (κ3) is 4.06. The molecule has 2 atom stereocenters. The Morgan fingerprint density at radius 3 is 2.86 bits per heavy atom. The van der Waals surface area contributed by atoms with Crippen LogP contribution in [0.2, 0.25) is 5.02 Å². The SMILES string of the molecule is CC(CC(O)c1ccco1)NC(=O)c1ccc(F)c(Cl)c1. The van der Waals surface area contributed by atoms with Crippen molar-refractivity contribution in [3.63, 3.8) is 0 Å². The van der Waals surface area contributed by atoms with Gasteiger partial charge in [-0.05, 0) is 37.3 Å². The number of furan rings is 1. The molecule has 6 heteroatoms. The first kappa shape index (κ1) is 15.5. The van der Waals surface area contributed by atoms with Crippen molar-refractivity contribution in [3.8, 4) is 0 Å². The highest BCUT2D eigenvalue weighted by Gasteiger charge is 2.17. The van der Waals surface area contributed by atoms with Crippen LogP contribution in [-0.4, -0.2) is 17.1 Å². The Labute approximate surface area is 126 Å². The molecule has 1 aromatic carbocycles. The Balaban J connectivity index is 1.94. The lowest BCUT2D eigenvalue weighted by Crippen LogP contribution is -2.33. The second-order valence-corrected chi connectivity index (χ2v) is 5.18. The van der Waals surface area contributed by atoms with Crippen molar-refractivity contribution in [2.24, 2.45) is 0 Å². The van der Waals surface area contributed by atoms with Crippen molar-refractivity contribution in [3.05, 3.63) is 58.8 Å². The second kappa shape index (κ2) is 6.74. The van der Waals surface area contributed by atoms with Gasteiger partial charge in [-0.2, -0.15) is 0 Å². The van der Waals surface area contributed by atoms with Crippen LogP contribution < -0.4 is 5.32 Å². The molecule has 0 saturated heterocycles. The monoisotopic (exact) mass is 311 g/mol. The second-order valence-electron chi connectivity index (χ2n) is 4.77. The summed E-state index contributed by atoms with van der Waals surface area (Å²) in [5.41, 5.74) is 0.265. The van der Waals surface area contributed by atoms with E-state index < -0.39 is 11.9 Å². The van der Waals surface area contributed by atoms with Crippen molar-refractivity contribution >= 4 is 17.5 Å². The van der Waals surface area contributed by atoms with Gasteiger partial charge in [0.15, 0.2) is 0 Å². The lowest BCUT2D eigenvalue weighted by Gasteiger charge is -2.16. The van der Waals surface area contributed by atoms with Gasteiger partial charge in [0.05, 0.1) is 11.3 Å². The normalized spacial score (nSPS) is 13.7. The van der Waals surface area contributed by atoms with Gasteiger partial charge < -0.3 is 14.8 Å². The fraction of sp³-hybridized carbons (Fsp3) is 0.267. The Bertz CT molecular complexity index is 615. The van der Waals surface area contributed by atoms with Crippen molar-refractivity contribution < 1.29 is 18.7 Å². The molecule has 2 rings (SSSR count). The summed E-state index contributed by atoms with van der Waals surface area (Å²) in [4.78, 5) is 12.0. The van der Waals surface area contributed by atoms with Crippen LogP contribution in [0.25, 0.3) is 0 Å². The van der Waals surface area contributed by atoms with Gasteiger partial charge in [0.2, 0.25) is 0 Å². The Kier molecular flexibility index (Phi) is 4.98. The number of nitrogens with one attached hydrogen (secondary N) is 1. The topological polar surface area (TPSA) is 62.5 Å². The average molecular weight is 312 g/mol. The largest absolute Gasteiger partial charge is 0.467 e. The van der Waals surface area contributed by atoms with Crippen molar-refractivity contribution in [1.29, 1.82) is 0 Å². The predicted octanol–water partition coefficient (Wildman–Crippen LogP) is 3.31. The first-order valence-electron chi connectivity index (χ1n) is 6.44. The van der Waals surface area contributed by atoms with E-state index in [1.165, 1.54) is 18.4 Å². The van der Waals surface area contributed by atoms with Gasteiger partial charge in [-0.25, -0.2) is 4.39 Å². The van der Waals surface area contributed by atoms with E-state index in [-0.39, 0.29) is 22.5 Å². The number of halogens is 2. The predicted molar refractivity (Wildman–Crippen MR) is 76.6 cm³/mol. The van der Waals surface area contributed by atoms with Crippen molar-refractivity contribution in [2.75, 3.05) is 0 Å². The number of benzene rings is 1. The summed E-state index contributed by atoms with van der Waals surface area (Å²) in [6.07, 6.45) is 0.975. The number of aliphatic hydroxyl groups excluding tert-OH is 1. The summed E-state index contributed by atoms with van der Waals surface area (Å²) < 4.78 is 18.1. The maximum absolute atomic E-state index is 13.0. The fourth-order valence-electron chi connectivity index (χ4n) is 1.94. The molecule has 4 nitrogen and oxygen atoms in total. The van der Waals surface area contributed by atoms with E-state index in [1.54, 1.807) is 19.1 Å². The third-order valence-corrected chi connectivity index (χ3v) is 3.30. The zero-order valence-electron chi connectivity index (χ0n) is 11.3. The van der Waals surface area contributed by atoms with Gasteiger partial charge in [-0.1, -0.05) is 11.6 Å². The molecule has 1 heterocycles. The molecular formula is C15H15ClFNO3. The molecule has 0 radical (unpaired) electrons. The summed E-state index contributed by atoms with van der Waals surface area (Å²) in [7, 11) is 0. The lowest BCUT2D eigenvalue weighted by molar-refractivity contribution is 0.0903. The molecule has 1 aromatic heterocycles. The van der Waals surface area contributed by atoms with E-state index >= 15 is 0 Å². The smallest absolute Gasteiger partial charge is 0.251 e. The minimum absolute atomic E-state index is 0.106. The van der Waals surface area contributed by atoms with Crippen molar-refractivity contribution in [2.45, 2.75) is 25.5 Å². The highest BCUT2D eigenvalue weighted by atomic mass is 35.5. The third-order valence-electron chi connectivity index (χ3n) is 3.01. The highest BCUT2D eigenvalue weighted by Crippen LogP contribution is 2.19. The summed E-state index contributed by atoms with van der Waals surface area (Å²) in [5.74, 6) is -0.508. The summed E-state index contributed by atoms with van der Waals surface area (Å²) in [6.45, 7) is 1.76. The fourth-order valence-corrected chi connectivity index (χ4v) is 2.12. The molecule has 1 amide bonds. The average Bonchev–Trinajstić information content (AvgIpc) is 2.95. The molecule has 21 heavy (non-hydrogen) atoms. The van der Waals surface area contributed by atoms with Gasteiger partial charge in [0.25, 0.3) is 5.91 Å². The Morgan fingerprint density at radius 2 is 2.24 bits per heavy atom. The molecule has 2 unspecified atom stereocenters. The molecule has 0 spiro atoms. The minimum atomic E-state index is -0.799. The van der Waals surface area contributed by atoms with Crippen LogP contribution in [0.15, 0.2) is 41.0 Å². The number of rotatable bonds is 5. The van der Waals surface area contributed by atoms with Crippen LogP contribution in [0.4, 0.5) is 4.39 Å². The molecule has 0 saturated carbocycles. The van der Waals surface area contributed by atoms with E-state index in [4.69, 9.17) is 16.0 Å². The Morgan fingerprint density at radius 1 is 1.48 bits per heavy atom. The number of amides is 1. The Hall–Kier alpha value is -1.85. The van der Waals surface area contributed by atoms with Crippen LogP contribution in [0, 0.1) is 5.82 Å². The molecule has 0 bridgehead atoms. The van der Waals surface area contributed by atoms with Crippen LogP contribution in [-0.2, 0) is 0 Å². The van der Waals surface area contributed by atoms with Crippen LogP contribution >= 0.6 is 11.6 Å². The lowest BCUT2D eigenvalue weighted by atomic mass is 10.1. The quantitative estimate of drug-likeness (QED) is 0.890. The molecule has 2 N–H and O–H groups in total. The number of aliphatic hydroxyl groups is 1. The summed E-state index contributed by atoms with van der Waals surface area (Å²) >= 11 is 5.64. The molecule has 0 aliphatic heterocycles. The minimum Gasteiger partial charge on any atom is -0.467 e. The van der Waals surface area contributed by atoms with Crippen LogP contribution in [0.1, 0.15) is 35.6 Å². The molecule has 0 aliphatic rings. The standard InChI is InChI=1S/C15H15ClFNO3/c1-9(7-13(19)14-3-2-6-21-14)18-15(20)10-4-5-12(17)11(16)8-10/h2-6,8-9,13,19H,7H2,1H3,(H,18,20). The van der Waals surface area contributed by atoms with Gasteiger partial charge in [-0.3, -0.25) is 4.79 Å². The van der Waals surface area contributed by atoms with Gasteiger partial charge in [0.1, 0.15) is 17.7 Å². The molecule has 0 fully saturated rings. The maximum Gasteiger partial charge on any atom is 0.251 e. The van der Waals surface area contributed by atoms with Crippen molar-refractivity contribution in [1.82, 2.24) is 5.32 Å². The molecule has 112 valence electrons. The number of carbonyl (C=O) groups is 1. The maximum atomic E-state index is 13.0. The van der Waals surface area contributed by atoms with Crippen LogP contribution in [0.5, 0.6) is 0 Å². The van der Waals surface area contributed by atoms with Gasteiger partial charge in [-0.15, -0.1) is 0 Å². The molecule has 2 aromatic rings. The highest BCUT2D eigenvalue weighted by molar-refractivity contribution is 6.31. The van der Waals surface area contributed by atoms with Gasteiger partial charge >= 0.3 is 0 Å².